The molecule has 1 heterocycles. The van der Waals surface area contributed by atoms with E-state index in [0.717, 1.165) is 18.2 Å². The summed E-state index contributed by atoms with van der Waals surface area (Å²) in [5.41, 5.74) is 1.31. The summed E-state index contributed by atoms with van der Waals surface area (Å²) in [6.07, 6.45) is 1.69. The molecule has 1 aliphatic heterocycles. The van der Waals surface area contributed by atoms with E-state index in [-0.39, 0.29) is 24.0 Å². The highest BCUT2D eigenvalue weighted by Crippen LogP contribution is 2.35. The zero-order valence-corrected chi connectivity index (χ0v) is 12.9. The number of halogens is 3. The van der Waals surface area contributed by atoms with Gasteiger partial charge in [0.15, 0.2) is 0 Å². The molecule has 1 aliphatic rings. The van der Waals surface area contributed by atoms with Crippen molar-refractivity contribution in [2.24, 2.45) is 0 Å². The second-order valence-corrected chi connectivity index (χ2v) is 5.50. The molecule has 2 aromatic carbocycles. The van der Waals surface area contributed by atoms with Crippen molar-refractivity contribution in [2.75, 3.05) is 13.6 Å². The first-order chi connectivity index (χ1) is 11.5. The predicted molar refractivity (Wildman–Crippen MR) is 84.6 cm³/mol. The molecule has 0 aromatic heterocycles. The summed E-state index contributed by atoms with van der Waals surface area (Å²) < 4.78 is 40.6. The molecular weight excluding hydrogens is 317 g/mol. The first-order valence-electron chi connectivity index (χ1n) is 7.39. The van der Waals surface area contributed by atoms with Gasteiger partial charge in [0.05, 0.1) is 6.04 Å². The van der Waals surface area contributed by atoms with Gasteiger partial charge in [-0.2, -0.15) is 0 Å². The predicted octanol–water partition coefficient (Wildman–Crippen LogP) is 3.88. The SMILES string of the molecule is CNC(=O)N1CC(c2cc(F)ccc2F)=CC1c1ccc(F)cc1. The van der Waals surface area contributed by atoms with Crippen molar-refractivity contribution in [3.05, 3.63) is 77.1 Å². The van der Waals surface area contributed by atoms with Crippen LogP contribution in [0, 0.1) is 17.5 Å². The Balaban J connectivity index is 2.02. The lowest BCUT2D eigenvalue weighted by Gasteiger charge is -2.24. The van der Waals surface area contributed by atoms with E-state index in [1.165, 1.54) is 24.1 Å². The molecule has 2 aromatic rings. The third-order valence-corrected chi connectivity index (χ3v) is 4.00. The maximum Gasteiger partial charge on any atom is 0.318 e. The first-order valence-corrected chi connectivity index (χ1v) is 7.39. The van der Waals surface area contributed by atoms with E-state index in [1.807, 2.05) is 0 Å². The van der Waals surface area contributed by atoms with Crippen LogP contribution in [0.5, 0.6) is 0 Å². The number of urea groups is 1. The van der Waals surface area contributed by atoms with Gasteiger partial charge in [-0.15, -0.1) is 0 Å². The first kappa shape index (κ1) is 16.1. The topological polar surface area (TPSA) is 32.3 Å². The van der Waals surface area contributed by atoms with Crippen LogP contribution in [0.15, 0.2) is 48.5 Å². The fourth-order valence-corrected chi connectivity index (χ4v) is 2.81. The van der Waals surface area contributed by atoms with Crippen LogP contribution >= 0.6 is 0 Å². The molecule has 0 bridgehead atoms. The molecule has 0 fully saturated rings. The normalized spacial score (nSPS) is 16.9. The maximum absolute atomic E-state index is 14.0. The highest BCUT2D eigenvalue weighted by molar-refractivity contribution is 5.81. The van der Waals surface area contributed by atoms with Gasteiger partial charge in [0.1, 0.15) is 17.5 Å². The molecule has 0 saturated heterocycles. The minimum atomic E-state index is -0.556. The number of amides is 2. The van der Waals surface area contributed by atoms with Gasteiger partial charge in [-0.3, -0.25) is 0 Å². The van der Waals surface area contributed by atoms with Crippen LogP contribution in [0.2, 0.25) is 0 Å². The number of hydrogen-bond acceptors (Lipinski definition) is 1. The Bertz CT molecular complexity index is 802. The van der Waals surface area contributed by atoms with E-state index in [1.54, 1.807) is 18.2 Å². The van der Waals surface area contributed by atoms with Gasteiger partial charge in [0, 0.05) is 19.2 Å². The van der Waals surface area contributed by atoms with Gasteiger partial charge in [-0.05, 0) is 41.5 Å². The minimum absolute atomic E-state index is 0.119. The number of carbonyl (C=O) groups is 1. The quantitative estimate of drug-likeness (QED) is 0.889. The van der Waals surface area contributed by atoms with Crippen molar-refractivity contribution in [3.63, 3.8) is 0 Å². The van der Waals surface area contributed by atoms with Crippen LogP contribution in [0.1, 0.15) is 17.2 Å². The highest BCUT2D eigenvalue weighted by atomic mass is 19.1. The Morgan fingerprint density at radius 3 is 2.42 bits per heavy atom. The number of carbonyl (C=O) groups excluding carboxylic acids is 1. The molecule has 6 heteroatoms. The second-order valence-electron chi connectivity index (χ2n) is 5.50. The molecule has 1 N–H and O–H groups in total. The molecule has 0 aliphatic carbocycles. The Morgan fingerprint density at radius 2 is 1.75 bits per heavy atom. The highest BCUT2D eigenvalue weighted by Gasteiger charge is 2.31. The summed E-state index contributed by atoms with van der Waals surface area (Å²) in [6, 6.07) is 8.10. The maximum atomic E-state index is 14.0. The molecule has 2 amide bonds. The molecule has 3 nitrogen and oxygen atoms in total. The molecular formula is C18H15F3N2O. The fourth-order valence-electron chi connectivity index (χ4n) is 2.81. The van der Waals surface area contributed by atoms with E-state index in [4.69, 9.17) is 0 Å². The lowest BCUT2D eigenvalue weighted by atomic mass is 10.0. The summed E-state index contributed by atoms with van der Waals surface area (Å²) >= 11 is 0. The Labute approximate surface area is 137 Å². The molecule has 3 rings (SSSR count). The summed E-state index contributed by atoms with van der Waals surface area (Å²) in [5.74, 6) is -1.49. The van der Waals surface area contributed by atoms with E-state index in [9.17, 15) is 18.0 Å². The Hall–Kier alpha value is -2.76. The molecule has 1 atom stereocenters. The van der Waals surface area contributed by atoms with Crippen molar-refractivity contribution in [2.45, 2.75) is 6.04 Å². The van der Waals surface area contributed by atoms with Crippen molar-refractivity contribution < 1.29 is 18.0 Å². The lowest BCUT2D eigenvalue weighted by molar-refractivity contribution is 0.200. The third kappa shape index (κ3) is 2.99. The van der Waals surface area contributed by atoms with Crippen LogP contribution in [0.25, 0.3) is 5.57 Å². The lowest BCUT2D eigenvalue weighted by Crippen LogP contribution is -2.38. The summed E-state index contributed by atoms with van der Waals surface area (Å²) in [4.78, 5) is 13.6. The van der Waals surface area contributed by atoms with Gasteiger partial charge in [-0.1, -0.05) is 18.2 Å². The third-order valence-electron chi connectivity index (χ3n) is 4.00. The zero-order chi connectivity index (χ0) is 17.3. The van der Waals surface area contributed by atoms with Gasteiger partial charge in [0.2, 0.25) is 0 Å². The summed E-state index contributed by atoms with van der Waals surface area (Å²) in [6.45, 7) is 0.127. The number of nitrogens with zero attached hydrogens (tertiary/aromatic N) is 1. The number of benzene rings is 2. The monoisotopic (exact) mass is 332 g/mol. The number of nitrogens with one attached hydrogen (secondary N) is 1. The molecule has 124 valence electrons. The van der Waals surface area contributed by atoms with Crippen molar-refractivity contribution in [1.82, 2.24) is 10.2 Å². The number of hydrogen-bond donors (Lipinski definition) is 1. The van der Waals surface area contributed by atoms with Crippen molar-refractivity contribution in [1.29, 1.82) is 0 Å². The average molecular weight is 332 g/mol. The van der Waals surface area contributed by atoms with Crippen LogP contribution in [-0.4, -0.2) is 24.5 Å². The number of rotatable bonds is 2. The molecule has 24 heavy (non-hydrogen) atoms. The van der Waals surface area contributed by atoms with Gasteiger partial charge in [-0.25, -0.2) is 18.0 Å². The van der Waals surface area contributed by atoms with E-state index >= 15 is 0 Å². The average Bonchev–Trinajstić information content (AvgIpc) is 3.02. The van der Waals surface area contributed by atoms with Crippen LogP contribution in [0.3, 0.4) is 0 Å². The van der Waals surface area contributed by atoms with E-state index in [0.29, 0.717) is 11.1 Å². The van der Waals surface area contributed by atoms with Crippen LogP contribution < -0.4 is 5.32 Å². The van der Waals surface area contributed by atoms with E-state index in [2.05, 4.69) is 5.32 Å². The summed E-state index contributed by atoms with van der Waals surface area (Å²) in [5, 5.41) is 2.53. The van der Waals surface area contributed by atoms with Crippen LogP contribution in [0.4, 0.5) is 18.0 Å². The van der Waals surface area contributed by atoms with Gasteiger partial charge >= 0.3 is 6.03 Å². The van der Waals surface area contributed by atoms with Gasteiger partial charge in [0.25, 0.3) is 0 Å². The Morgan fingerprint density at radius 1 is 1.08 bits per heavy atom. The van der Waals surface area contributed by atoms with Gasteiger partial charge < -0.3 is 10.2 Å². The largest absolute Gasteiger partial charge is 0.341 e. The standard InChI is InChI=1S/C18H15F3N2O/c1-22-18(24)23-10-12(15-9-14(20)6-7-16(15)21)8-17(23)11-2-4-13(19)5-3-11/h2-9,17H,10H2,1H3,(H,22,24). The summed E-state index contributed by atoms with van der Waals surface area (Å²) in [7, 11) is 1.49. The molecule has 0 saturated carbocycles. The fraction of sp³-hybridized carbons (Fsp3) is 0.167. The van der Waals surface area contributed by atoms with E-state index < -0.39 is 17.7 Å². The Kier molecular flexibility index (Phi) is 4.29. The second kappa shape index (κ2) is 6.39. The molecule has 1 unspecified atom stereocenters. The zero-order valence-electron chi connectivity index (χ0n) is 12.9. The molecule has 0 radical (unpaired) electrons. The van der Waals surface area contributed by atoms with Crippen molar-refractivity contribution in [3.8, 4) is 0 Å². The smallest absolute Gasteiger partial charge is 0.318 e. The van der Waals surface area contributed by atoms with Crippen LogP contribution in [-0.2, 0) is 0 Å². The minimum Gasteiger partial charge on any atom is -0.341 e. The van der Waals surface area contributed by atoms with Crippen molar-refractivity contribution >= 4 is 11.6 Å². The molecule has 0 spiro atoms.